The van der Waals surface area contributed by atoms with E-state index in [2.05, 4.69) is 6.42 Å². The molecule has 0 spiro atoms. The molecule has 1 aliphatic carbocycles. The van der Waals surface area contributed by atoms with Gasteiger partial charge >= 0.3 is 0 Å². The molecule has 0 saturated heterocycles. The van der Waals surface area contributed by atoms with Crippen LogP contribution in [0.15, 0.2) is 0 Å². The number of rotatable bonds is 0. The van der Waals surface area contributed by atoms with Crippen molar-refractivity contribution < 1.29 is 19.5 Å². The Morgan fingerprint density at radius 2 is 1.40 bits per heavy atom. The van der Waals surface area contributed by atoms with E-state index >= 15 is 0 Å². The summed E-state index contributed by atoms with van der Waals surface area (Å²) in [6, 6.07) is 0. The van der Waals surface area contributed by atoms with E-state index in [0.717, 1.165) is 0 Å². The van der Waals surface area contributed by atoms with Gasteiger partial charge in [-0.3, -0.25) is 0 Å². The van der Waals surface area contributed by atoms with E-state index in [1.165, 1.54) is 12.8 Å². The summed E-state index contributed by atoms with van der Waals surface area (Å²) in [5.74, 6) is 0. The molecule has 0 aromatic heterocycles. The van der Waals surface area contributed by atoms with Crippen LogP contribution in [0.3, 0.4) is 0 Å². The van der Waals surface area contributed by atoms with Crippen LogP contribution < -0.4 is 0 Å². The van der Waals surface area contributed by atoms with Crippen molar-refractivity contribution in [3.05, 3.63) is 6.42 Å². The van der Waals surface area contributed by atoms with E-state index in [1.807, 2.05) is 0 Å². The van der Waals surface area contributed by atoms with Crippen LogP contribution in [0.5, 0.6) is 0 Å². The van der Waals surface area contributed by atoms with Gasteiger partial charge in [0.25, 0.3) is 0 Å². The molecule has 0 amide bonds. The van der Waals surface area contributed by atoms with Crippen LogP contribution in [0, 0.1) is 6.42 Å². The Balaban J connectivity index is 0. The summed E-state index contributed by atoms with van der Waals surface area (Å²) in [5.41, 5.74) is 0. The fourth-order valence-electron chi connectivity index (χ4n) is 0. The van der Waals surface area contributed by atoms with Crippen LogP contribution in [-0.4, -0.2) is 0 Å². The molecule has 2 heteroatoms. The molecule has 0 radical (unpaired) electrons. The molecule has 5 heavy (non-hydrogen) atoms. The summed E-state index contributed by atoms with van der Waals surface area (Å²) in [6.07, 6.45) is 5.00. The molecule has 0 atom stereocenters. The molecule has 0 heterocycles. The molecule has 1 saturated carbocycles. The minimum absolute atomic E-state index is 0. The molecule has 1 fully saturated rings. The number of hydrogen-bond acceptors (Lipinski definition) is 0. The quantitative estimate of drug-likeness (QED) is 0.355. The van der Waals surface area contributed by atoms with Gasteiger partial charge in [0.2, 0.25) is 0 Å². The van der Waals surface area contributed by atoms with Crippen LogP contribution in [-0.2, 0) is 19.5 Å². The van der Waals surface area contributed by atoms with Gasteiger partial charge in [-0.25, -0.2) is 12.8 Å². The van der Waals surface area contributed by atoms with Gasteiger partial charge in [-0.05, 0) is 0 Å². The second kappa shape index (κ2) is 4.91. The average Bonchev–Trinajstić information content (AvgIpc) is 1.46. The predicted molar refractivity (Wildman–Crippen MR) is 20.8 cm³/mol. The van der Waals surface area contributed by atoms with Crippen LogP contribution in [0.25, 0.3) is 0 Å². The molecule has 0 aromatic carbocycles. The summed E-state index contributed by atoms with van der Waals surface area (Å²) in [7, 11) is 0. The van der Waals surface area contributed by atoms with Crippen LogP contribution in [0.1, 0.15) is 12.8 Å². The van der Waals surface area contributed by atoms with Crippen molar-refractivity contribution in [1.82, 2.24) is 0 Å². The molecule has 0 aromatic rings. The van der Waals surface area contributed by atoms with Gasteiger partial charge < -0.3 is 6.42 Å². The fourth-order valence-corrected chi connectivity index (χ4v) is 0. The zero-order valence-electron chi connectivity index (χ0n) is 3.11. The second-order valence-corrected chi connectivity index (χ2v) is 0.866. The van der Waals surface area contributed by atoms with Crippen molar-refractivity contribution in [2.45, 2.75) is 12.8 Å². The van der Waals surface area contributed by atoms with Gasteiger partial charge in [-0.1, -0.05) is 0 Å². The van der Waals surface area contributed by atoms with Crippen molar-refractivity contribution in [2.75, 3.05) is 0 Å². The van der Waals surface area contributed by atoms with Gasteiger partial charge in [0.05, 0.1) is 0 Å². The Kier molecular flexibility index (Phi) is 9.16. The molecular weight excluding hydrogens is 137 g/mol. The zero-order chi connectivity index (χ0) is 2.12. The molecule has 0 unspecified atom stereocenters. The van der Waals surface area contributed by atoms with Crippen LogP contribution in [0.2, 0.25) is 0 Å². The van der Waals surface area contributed by atoms with Crippen molar-refractivity contribution in [2.24, 2.45) is 0 Å². The largest absolute Gasteiger partial charge is 0.333 e. The van der Waals surface area contributed by atoms with Gasteiger partial charge in [0, 0.05) is 19.5 Å². The third-order valence-electron chi connectivity index (χ3n) is 0.289. The second-order valence-electron chi connectivity index (χ2n) is 0.866. The minimum atomic E-state index is 0. The molecule has 0 N–H and O–H groups in total. The molecule has 28 valence electrons. The normalized spacial score (nSPS) is 14.4. The summed E-state index contributed by atoms with van der Waals surface area (Å²) >= 11 is 0. The van der Waals surface area contributed by atoms with E-state index < -0.39 is 0 Å². The maximum atomic E-state index is 2.25. The SMILES string of the molecule is Cl.[CH-]1CC1.[Zn]. The first-order chi connectivity index (χ1) is 1.50. The molecule has 0 bridgehead atoms. The average molecular weight is 143 g/mol. The summed E-state index contributed by atoms with van der Waals surface area (Å²) in [4.78, 5) is 0. The smallest absolute Gasteiger partial charge is 0 e. The maximum absolute atomic E-state index is 2.25. The van der Waals surface area contributed by atoms with Crippen molar-refractivity contribution in [3.8, 4) is 0 Å². The first-order valence-corrected chi connectivity index (χ1v) is 1.32. The van der Waals surface area contributed by atoms with Gasteiger partial charge in [-0.2, -0.15) is 0 Å². The van der Waals surface area contributed by atoms with Crippen molar-refractivity contribution in [1.29, 1.82) is 0 Å². The fraction of sp³-hybridized carbons (Fsp3) is 0.667. The van der Waals surface area contributed by atoms with E-state index in [4.69, 9.17) is 0 Å². The topological polar surface area (TPSA) is 0 Å². The first-order valence-electron chi connectivity index (χ1n) is 1.32. The third kappa shape index (κ3) is 11.4. The van der Waals surface area contributed by atoms with Crippen LogP contribution in [0.4, 0.5) is 0 Å². The molecular formula is C3H6ClZn-. The van der Waals surface area contributed by atoms with Crippen LogP contribution >= 0.6 is 12.4 Å². The van der Waals surface area contributed by atoms with E-state index in [-0.39, 0.29) is 31.9 Å². The molecule has 0 aliphatic heterocycles. The van der Waals surface area contributed by atoms with Gasteiger partial charge in [0.15, 0.2) is 0 Å². The van der Waals surface area contributed by atoms with Crippen molar-refractivity contribution >= 4 is 12.4 Å². The Morgan fingerprint density at radius 1 is 1.20 bits per heavy atom. The third-order valence-corrected chi connectivity index (χ3v) is 0.289. The van der Waals surface area contributed by atoms with Gasteiger partial charge in [0.1, 0.15) is 0 Å². The predicted octanol–water partition coefficient (Wildman–Crippen LogP) is 1.40. The number of hydrogen-bond donors (Lipinski definition) is 0. The van der Waals surface area contributed by atoms with Crippen molar-refractivity contribution in [3.63, 3.8) is 0 Å². The molecule has 0 nitrogen and oxygen atoms in total. The Hall–Kier alpha value is 0.913. The summed E-state index contributed by atoms with van der Waals surface area (Å²) in [6.45, 7) is 0. The van der Waals surface area contributed by atoms with E-state index in [1.54, 1.807) is 0 Å². The van der Waals surface area contributed by atoms with E-state index in [9.17, 15) is 0 Å². The Labute approximate surface area is 51.5 Å². The first kappa shape index (κ1) is 9.32. The zero-order valence-corrected chi connectivity index (χ0v) is 6.89. The molecule has 1 rings (SSSR count). The summed E-state index contributed by atoms with van der Waals surface area (Å²) in [5, 5.41) is 0. The van der Waals surface area contributed by atoms with Gasteiger partial charge in [-0.15, -0.1) is 12.4 Å². The monoisotopic (exact) mass is 141 g/mol. The van der Waals surface area contributed by atoms with E-state index in [0.29, 0.717) is 0 Å². The minimum Gasteiger partial charge on any atom is -0.333 e. The maximum Gasteiger partial charge on any atom is 0 e. The summed E-state index contributed by atoms with van der Waals surface area (Å²) < 4.78 is 0. The Morgan fingerprint density at radius 3 is 1.40 bits per heavy atom. The standard InChI is InChI=1S/C3H5.ClH.Zn/c1-2-3-1;;/h1H,2-3H2;1H;/q-1;;. The number of halogens is 1. The molecule has 1 aliphatic rings. The Bertz CT molecular complexity index is 11.6.